The van der Waals surface area contributed by atoms with Crippen molar-refractivity contribution < 1.29 is 0 Å². The number of rotatable bonds is 3. The number of hydrogen-bond donors (Lipinski definition) is 2. The normalized spacial score (nSPS) is 12.4. The fourth-order valence-electron chi connectivity index (χ4n) is 1.10. The average Bonchev–Trinajstić information content (AvgIpc) is 2.05. The predicted molar refractivity (Wildman–Crippen MR) is 51.3 cm³/mol. The molecule has 2 heteroatoms. The summed E-state index contributed by atoms with van der Waals surface area (Å²) >= 11 is 0. The van der Waals surface area contributed by atoms with Crippen molar-refractivity contribution in [2.75, 3.05) is 0 Å². The molecule has 1 rings (SSSR count). The Hall–Kier alpha value is -1.28. The molecule has 0 radical (unpaired) electrons. The molecule has 0 saturated carbocycles. The molecule has 0 aliphatic rings. The zero-order valence-electron chi connectivity index (χ0n) is 7.03. The molecule has 2 nitrogen and oxygen atoms in total. The van der Waals surface area contributed by atoms with Gasteiger partial charge in [-0.05, 0) is 5.56 Å². The standard InChI is InChI=1S/C10H14N2/c1-8(11)7-10(12)9-5-3-2-4-6-9/h2-6,10H,1,7,11-12H2/t10-/m0/s1. The molecule has 0 heterocycles. The van der Waals surface area contributed by atoms with Gasteiger partial charge in [-0.3, -0.25) is 0 Å². The summed E-state index contributed by atoms with van der Waals surface area (Å²) in [5.41, 5.74) is 13.0. The summed E-state index contributed by atoms with van der Waals surface area (Å²) in [5, 5.41) is 0. The van der Waals surface area contributed by atoms with E-state index in [2.05, 4.69) is 6.58 Å². The van der Waals surface area contributed by atoms with Crippen LogP contribution in [-0.4, -0.2) is 0 Å². The van der Waals surface area contributed by atoms with Crippen LogP contribution in [0.1, 0.15) is 18.0 Å². The second kappa shape index (κ2) is 3.93. The third-order valence-corrected chi connectivity index (χ3v) is 1.71. The van der Waals surface area contributed by atoms with E-state index in [1.807, 2.05) is 30.3 Å². The van der Waals surface area contributed by atoms with E-state index in [0.717, 1.165) is 5.56 Å². The van der Waals surface area contributed by atoms with E-state index in [1.54, 1.807) is 0 Å². The molecule has 0 spiro atoms. The van der Waals surface area contributed by atoms with Crippen molar-refractivity contribution >= 4 is 0 Å². The molecule has 0 amide bonds. The molecule has 0 aromatic heterocycles. The Morgan fingerprint density at radius 1 is 1.33 bits per heavy atom. The summed E-state index contributed by atoms with van der Waals surface area (Å²) < 4.78 is 0. The first-order chi connectivity index (χ1) is 5.70. The van der Waals surface area contributed by atoms with Crippen molar-refractivity contribution in [2.45, 2.75) is 12.5 Å². The Bertz CT molecular complexity index is 254. The molecule has 0 unspecified atom stereocenters. The van der Waals surface area contributed by atoms with Gasteiger partial charge in [0.1, 0.15) is 0 Å². The lowest BCUT2D eigenvalue weighted by Gasteiger charge is -2.10. The van der Waals surface area contributed by atoms with Crippen molar-refractivity contribution in [1.82, 2.24) is 0 Å². The van der Waals surface area contributed by atoms with Crippen molar-refractivity contribution in [3.05, 3.63) is 48.2 Å². The number of hydrogen-bond acceptors (Lipinski definition) is 2. The maximum absolute atomic E-state index is 5.86. The van der Waals surface area contributed by atoms with Gasteiger partial charge in [0.05, 0.1) is 0 Å². The first-order valence-corrected chi connectivity index (χ1v) is 3.94. The first kappa shape index (κ1) is 8.81. The first-order valence-electron chi connectivity index (χ1n) is 3.94. The second-order valence-electron chi connectivity index (χ2n) is 2.88. The van der Waals surface area contributed by atoms with Crippen LogP contribution in [0.2, 0.25) is 0 Å². The van der Waals surface area contributed by atoms with Gasteiger partial charge in [-0.2, -0.15) is 0 Å². The summed E-state index contributed by atoms with van der Waals surface area (Å²) in [6, 6.07) is 9.86. The van der Waals surface area contributed by atoms with Crippen molar-refractivity contribution in [1.29, 1.82) is 0 Å². The van der Waals surface area contributed by atoms with Gasteiger partial charge in [-0.1, -0.05) is 36.9 Å². The smallest absolute Gasteiger partial charge is 0.0349 e. The van der Waals surface area contributed by atoms with Crippen LogP contribution >= 0.6 is 0 Å². The fourth-order valence-corrected chi connectivity index (χ4v) is 1.10. The lowest BCUT2D eigenvalue weighted by Crippen LogP contribution is -2.13. The van der Waals surface area contributed by atoms with Gasteiger partial charge in [0.15, 0.2) is 0 Å². The summed E-state index contributed by atoms with van der Waals surface area (Å²) in [7, 11) is 0. The van der Waals surface area contributed by atoms with Crippen LogP contribution in [0.4, 0.5) is 0 Å². The van der Waals surface area contributed by atoms with Crippen LogP contribution in [0.15, 0.2) is 42.6 Å². The van der Waals surface area contributed by atoms with Crippen LogP contribution in [0.25, 0.3) is 0 Å². The van der Waals surface area contributed by atoms with E-state index in [1.165, 1.54) is 0 Å². The molecule has 0 bridgehead atoms. The molecule has 4 N–H and O–H groups in total. The lowest BCUT2D eigenvalue weighted by atomic mass is 10.0. The number of benzene rings is 1. The van der Waals surface area contributed by atoms with Crippen LogP contribution < -0.4 is 11.5 Å². The van der Waals surface area contributed by atoms with Gasteiger partial charge in [-0.25, -0.2) is 0 Å². The Labute approximate surface area is 72.9 Å². The van der Waals surface area contributed by atoms with Crippen molar-refractivity contribution in [3.63, 3.8) is 0 Å². The van der Waals surface area contributed by atoms with Crippen LogP contribution in [0.5, 0.6) is 0 Å². The topological polar surface area (TPSA) is 52.0 Å². The van der Waals surface area contributed by atoms with Crippen molar-refractivity contribution in [3.8, 4) is 0 Å². The van der Waals surface area contributed by atoms with Gasteiger partial charge in [0.25, 0.3) is 0 Å². The molecule has 0 aliphatic heterocycles. The highest BCUT2D eigenvalue weighted by molar-refractivity contribution is 5.19. The Kier molecular flexibility index (Phi) is 2.88. The summed E-state index contributed by atoms with van der Waals surface area (Å²) in [5.74, 6) is 0. The zero-order valence-corrected chi connectivity index (χ0v) is 7.03. The molecular formula is C10H14N2. The van der Waals surface area contributed by atoms with E-state index in [-0.39, 0.29) is 6.04 Å². The molecule has 0 fully saturated rings. The van der Waals surface area contributed by atoms with Gasteiger partial charge >= 0.3 is 0 Å². The van der Waals surface area contributed by atoms with Gasteiger partial charge in [0.2, 0.25) is 0 Å². The minimum Gasteiger partial charge on any atom is -0.402 e. The zero-order chi connectivity index (χ0) is 8.97. The fraction of sp³-hybridized carbons (Fsp3) is 0.200. The van der Waals surface area contributed by atoms with E-state index in [9.17, 15) is 0 Å². The summed E-state index contributed by atoms with van der Waals surface area (Å²) in [6.45, 7) is 3.62. The third kappa shape index (κ3) is 2.40. The lowest BCUT2D eigenvalue weighted by molar-refractivity contribution is 0.712. The highest BCUT2D eigenvalue weighted by Crippen LogP contribution is 2.14. The minimum absolute atomic E-state index is 0.0244. The largest absolute Gasteiger partial charge is 0.402 e. The summed E-state index contributed by atoms with van der Waals surface area (Å²) in [6.07, 6.45) is 0.643. The second-order valence-corrected chi connectivity index (χ2v) is 2.88. The monoisotopic (exact) mass is 162 g/mol. The van der Waals surface area contributed by atoms with Crippen LogP contribution in [0, 0.1) is 0 Å². The minimum atomic E-state index is -0.0244. The predicted octanol–water partition coefficient (Wildman–Crippen LogP) is 1.55. The highest BCUT2D eigenvalue weighted by atomic mass is 14.7. The average molecular weight is 162 g/mol. The van der Waals surface area contributed by atoms with E-state index < -0.39 is 0 Å². The van der Waals surface area contributed by atoms with Gasteiger partial charge in [0, 0.05) is 18.2 Å². The molecule has 64 valence electrons. The molecule has 0 aliphatic carbocycles. The van der Waals surface area contributed by atoms with E-state index >= 15 is 0 Å². The number of nitrogens with two attached hydrogens (primary N) is 2. The molecule has 1 aromatic carbocycles. The van der Waals surface area contributed by atoms with Crippen LogP contribution in [-0.2, 0) is 0 Å². The third-order valence-electron chi connectivity index (χ3n) is 1.71. The van der Waals surface area contributed by atoms with E-state index in [4.69, 9.17) is 11.5 Å². The maximum Gasteiger partial charge on any atom is 0.0349 e. The Morgan fingerprint density at radius 2 is 1.92 bits per heavy atom. The van der Waals surface area contributed by atoms with Gasteiger partial charge < -0.3 is 11.5 Å². The molecule has 12 heavy (non-hydrogen) atoms. The van der Waals surface area contributed by atoms with Crippen LogP contribution in [0.3, 0.4) is 0 Å². The molecule has 1 aromatic rings. The van der Waals surface area contributed by atoms with Gasteiger partial charge in [-0.15, -0.1) is 0 Å². The van der Waals surface area contributed by atoms with E-state index in [0.29, 0.717) is 12.1 Å². The highest BCUT2D eigenvalue weighted by Gasteiger charge is 2.04. The maximum atomic E-state index is 5.86. The molecular weight excluding hydrogens is 148 g/mol. The molecule has 0 saturated heterocycles. The SMILES string of the molecule is C=C(N)C[C@H](N)c1ccccc1. The summed E-state index contributed by atoms with van der Waals surface area (Å²) in [4.78, 5) is 0. The Morgan fingerprint density at radius 3 is 2.42 bits per heavy atom. The molecule has 1 atom stereocenters. The van der Waals surface area contributed by atoms with Crippen molar-refractivity contribution in [2.24, 2.45) is 11.5 Å². The quantitative estimate of drug-likeness (QED) is 0.708. The Balaban J connectivity index is 2.65.